The van der Waals surface area contributed by atoms with Crippen molar-refractivity contribution in [3.63, 3.8) is 0 Å². The van der Waals surface area contributed by atoms with Crippen LogP contribution in [0.5, 0.6) is 0 Å². The quantitative estimate of drug-likeness (QED) is 0.173. The van der Waals surface area contributed by atoms with Crippen LogP contribution in [0.15, 0.2) is 156 Å². The Balaban J connectivity index is 1.18. The first-order valence-electron chi connectivity index (χ1n) is 19.1. The Kier molecular flexibility index (Phi) is 7.75. The molecule has 4 unspecified atom stereocenters. The Morgan fingerprint density at radius 2 is 1.34 bits per heavy atom. The second kappa shape index (κ2) is 12.9. The van der Waals surface area contributed by atoms with Crippen molar-refractivity contribution in [2.75, 3.05) is 6.54 Å². The van der Waals surface area contributed by atoms with Gasteiger partial charge in [0.1, 0.15) is 0 Å². The third-order valence-corrected chi connectivity index (χ3v) is 11.8. The van der Waals surface area contributed by atoms with Crippen LogP contribution in [0.25, 0.3) is 66.5 Å². The maximum absolute atomic E-state index is 5.43. The molecular formula is C50H41N3. The average molecular weight is 684 g/mol. The fourth-order valence-corrected chi connectivity index (χ4v) is 9.01. The lowest BCUT2D eigenvalue weighted by atomic mass is 9.73. The van der Waals surface area contributed by atoms with Crippen molar-refractivity contribution in [2.45, 2.75) is 26.7 Å². The molecule has 1 aromatic heterocycles. The molecule has 3 aliphatic carbocycles. The van der Waals surface area contributed by atoms with Crippen LogP contribution in [0.2, 0.25) is 0 Å². The van der Waals surface area contributed by atoms with Gasteiger partial charge in [-0.2, -0.15) is 0 Å². The number of allylic oxidation sites excluding steroid dienone is 11. The second-order valence-corrected chi connectivity index (χ2v) is 15.2. The summed E-state index contributed by atoms with van der Waals surface area (Å²) in [5.74, 6) is 2.60. The van der Waals surface area contributed by atoms with Gasteiger partial charge in [-0.25, -0.2) is 9.97 Å². The van der Waals surface area contributed by atoms with Crippen LogP contribution in [0.3, 0.4) is 0 Å². The number of aromatic nitrogens is 2. The molecule has 5 aromatic carbocycles. The van der Waals surface area contributed by atoms with Gasteiger partial charge in [0.2, 0.25) is 0 Å². The number of fused-ring (bicyclic) bond motifs is 7. The van der Waals surface area contributed by atoms with E-state index in [-0.39, 0.29) is 0 Å². The molecule has 53 heavy (non-hydrogen) atoms. The van der Waals surface area contributed by atoms with E-state index in [0.717, 1.165) is 53.3 Å². The summed E-state index contributed by atoms with van der Waals surface area (Å²) in [7, 11) is 0. The van der Waals surface area contributed by atoms with Gasteiger partial charge in [-0.15, -0.1) is 0 Å². The van der Waals surface area contributed by atoms with Gasteiger partial charge in [0, 0.05) is 34.9 Å². The van der Waals surface area contributed by atoms with Crippen molar-refractivity contribution in [3.8, 4) is 22.5 Å². The van der Waals surface area contributed by atoms with E-state index in [0.29, 0.717) is 23.7 Å². The summed E-state index contributed by atoms with van der Waals surface area (Å²) < 4.78 is 0. The molecule has 0 saturated heterocycles. The van der Waals surface area contributed by atoms with Crippen molar-refractivity contribution in [1.82, 2.24) is 9.97 Å². The zero-order valence-electron chi connectivity index (χ0n) is 30.2. The first-order valence-corrected chi connectivity index (χ1v) is 19.1. The monoisotopic (exact) mass is 683 g/mol. The Morgan fingerprint density at radius 3 is 2.17 bits per heavy atom. The molecule has 2 heterocycles. The van der Waals surface area contributed by atoms with E-state index >= 15 is 0 Å². The van der Waals surface area contributed by atoms with Crippen molar-refractivity contribution in [3.05, 3.63) is 168 Å². The average Bonchev–Trinajstić information content (AvgIpc) is 3.47. The van der Waals surface area contributed by atoms with Crippen LogP contribution in [0, 0.1) is 23.7 Å². The normalized spacial score (nSPS) is 22.0. The Labute approximate surface area is 311 Å². The number of aliphatic imine (C=N–C) groups is 1. The third kappa shape index (κ3) is 5.54. The third-order valence-electron chi connectivity index (χ3n) is 11.8. The lowest BCUT2D eigenvalue weighted by molar-refractivity contribution is 0.380. The number of hydrogen-bond acceptors (Lipinski definition) is 3. The molecule has 256 valence electrons. The summed E-state index contributed by atoms with van der Waals surface area (Å²) in [6.45, 7) is 5.49. The predicted molar refractivity (Wildman–Crippen MR) is 224 cm³/mol. The van der Waals surface area contributed by atoms with E-state index in [1.165, 1.54) is 54.7 Å². The Morgan fingerprint density at radius 1 is 0.642 bits per heavy atom. The molecule has 3 nitrogen and oxygen atoms in total. The van der Waals surface area contributed by atoms with Crippen LogP contribution in [-0.2, 0) is 6.42 Å². The highest BCUT2D eigenvalue weighted by Gasteiger charge is 2.33. The summed E-state index contributed by atoms with van der Waals surface area (Å²) >= 11 is 0. The minimum Gasteiger partial charge on any atom is -0.289 e. The van der Waals surface area contributed by atoms with E-state index in [9.17, 15) is 0 Å². The second-order valence-electron chi connectivity index (χ2n) is 15.2. The first kappa shape index (κ1) is 31.8. The Hall–Kier alpha value is -5.93. The molecule has 0 saturated carbocycles. The largest absolute Gasteiger partial charge is 0.289 e. The summed E-state index contributed by atoms with van der Waals surface area (Å²) in [6, 6.07) is 33.1. The van der Waals surface area contributed by atoms with Crippen molar-refractivity contribution in [2.24, 2.45) is 28.7 Å². The molecule has 0 bridgehead atoms. The highest BCUT2D eigenvalue weighted by atomic mass is 14.9. The van der Waals surface area contributed by atoms with E-state index in [1.807, 2.05) is 0 Å². The summed E-state index contributed by atoms with van der Waals surface area (Å²) in [4.78, 5) is 16.0. The topological polar surface area (TPSA) is 38.1 Å². The van der Waals surface area contributed by atoms with Gasteiger partial charge in [0.15, 0.2) is 5.82 Å². The molecule has 4 atom stereocenters. The molecule has 3 heteroatoms. The highest BCUT2D eigenvalue weighted by Crippen LogP contribution is 2.41. The highest BCUT2D eigenvalue weighted by molar-refractivity contribution is 6.14. The van der Waals surface area contributed by atoms with Gasteiger partial charge in [0.25, 0.3) is 0 Å². The minimum absolute atomic E-state index is 0.319. The zero-order valence-corrected chi connectivity index (χ0v) is 30.2. The molecule has 6 aromatic rings. The first-order chi connectivity index (χ1) is 26.1. The van der Waals surface area contributed by atoms with Gasteiger partial charge >= 0.3 is 0 Å². The lowest BCUT2D eigenvalue weighted by Crippen LogP contribution is -2.34. The molecule has 0 fully saturated rings. The van der Waals surface area contributed by atoms with Gasteiger partial charge in [0.05, 0.1) is 11.4 Å². The zero-order chi connectivity index (χ0) is 35.5. The van der Waals surface area contributed by atoms with E-state index in [4.69, 9.17) is 15.0 Å². The van der Waals surface area contributed by atoms with Gasteiger partial charge in [-0.05, 0) is 97.8 Å². The van der Waals surface area contributed by atoms with Crippen LogP contribution in [0.1, 0.15) is 37.2 Å². The van der Waals surface area contributed by atoms with E-state index in [2.05, 4.69) is 166 Å². The smallest absolute Gasteiger partial charge is 0.160 e. The van der Waals surface area contributed by atoms with E-state index < -0.39 is 0 Å². The van der Waals surface area contributed by atoms with Crippen LogP contribution in [0.4, 0.5) is 0 Å². The summed E-state index contributed by atoms with van der Waals surface area (Å²) in [5, 5.41) is 7.41. The van der Waals surface area contributed by atoms with Crippen molar-refractivity contribution < 1.29 is 0 Å². The van der Waals surface area contributed by atoms with Crippen LogP contribution in [-0.4, -0.2) is 22.2 Å². The maximum atomic E-state index is 5.43. The summed E-state index contributed by atoms with van der Waals surface area (Å²) in [6.07, 6.45) is 24.6. The minimum atomic E-state index is 0.319. The summed E-state index contributed by atoms with van der Waals surface area (Å²) in [5.41, 5.74) is 10.3. The molecule has 1 aliphatic heterocycles. The molecule has 0 radical (unpaired) electrons. The molecule has 0 N–H and O–H groups in total. The SMILES string of the molecule is CC1C=Cc2cc(-c3cc(-c4cc5ccccc5c5ccccc45)nc(C4=CC=C(C5=NCC(C)C6C=CC=CC56)CC=C4)n3)c3ccccc3c2C1. The predicted octanol–water partition coefficient (Wildman–Crippen LogP) is 12.2. The fourth-order valence-electron chi connectivity index (χ4n) is 9.01. The van der Waals surface area contributed by atoms with Gasteiger partial charge in [-0.1, -0.05) is 147 Å². The number of benzene rings is 5. The van der Waals surface area contributed by atoms with Crippen molar-refractivity contribution >= 4 is 49.7 Å². The molecule has 0 spiro atoms. The number of nitrogens with zero attached hydrogens (tertiary/aromatic N) is 3. The molecule has 4 aliphatic rings. The van der Waals surface area contributed by atoms with Gasteiger partial charge < -0.3 is 0 Å². The van der Waals surface area contributed by atoms with E-state index in [1.54, 1.807) is 0 Å². The molecular weight excluding hydrogens is 643 g/mol. The fraction of sp³-hybridized carbons (Fsp3) is 0.180. The molecule has 10 rings (SSSR count). The van der Waals surface area contributed by atoms with Crippen molar-refractivity contribution in [1.29, 1.82) is 0 Å². The maximum Gasteiger partial charge on any atom is 0.160 e. The van der Waals surface area contributed by atoms with Crippen LogP contribution >= 0.6 is 0 Å². The van der Waals surface area contributed by atoms with Gasteiger partial charge in [-0.3, -0.25) is 4.99 Å². The number of rotatable bonds is 4. The number of hydrogen-bond donors (Lipinski definition) is 0. The Bertz CT molecular complexity index is 2700. The molecule has 0 amide bonds. The lowest BCUT2D eigenvalue weighted by Gasteiger charge is -2.34. The van der Waals surface area contributed by atoms with Crippen LogP contribution < -0.4 is 0 Å². The standard InChI is InChI=1S/C50H41N3/c1-31-22-23-36-28-46(42-20-9-7-18-40(42)44(36)26-31)48-29-47(45-27-35-12-3-4-16-38(35)39-17-6-8-19-41(39)45)52-50(53-48)34-14-11-13-33(24-25-34)49-43-21-10-5-15-37(43)32(2)30-51-49/h3-12,14-25,27-29,31-32,37,43H,13,26,30H2,1-2H3.